The molecule has 90 valence electrons. The summed E-state index contributed by atoms with van der Waals surface area (Å²) in [7, 11) is 0. The number of nitrogens with zero attached hydrogens (tertiary/aromatic N) is 1. The molecule has 0 radical (unpaired) electrons. The van der Waals surface area contributed by atoms with Crippen molar-refractivity contribution in [3.63, 3.8) is 0 Å². The van der Waals surface area contributed by atoms with E-state index >= 15 is 0 Å². The number of aromatic amines is 1. The lowest BCUT2D eigenvalue weighted by molar-refractivity contribution is 0.789. The van der Waals surface area contributed by atoms with Gasteiger partial charge in [-0.3, -0.25) is 0 Å². The van der Waals surface area contributed by atoms with Crippen molar-refractivity contribution in [2.45, 2.75) is 46.0 Å². The van der Waals surface area contributed by atoms with Gasteiger partial charge in [0.1, 0.15) is 5.82 Å². The molecule has 3 heteroatoms. The minimum absolute atomic E-state index is 0.480. The van der Waals surface area contributed by atoms with E-state index in [0.29, 0.717) is 11.8 Å². The van der Waals surface area contributed by atoms with E-state index in [2.05, 4.69) is 38.7 Å². The molecule has 0 aromatic carbocycles. The molecule has 0 aliphatic heterocycles. The second-order valence-electron chi connectivity index (χ2n) is 5.43. The summed E-state index contributed by atoms with van der Waals surface area (Å²) < 4.78 is 0. The highest BCUT2D eigenvalue weighted by molar-refractivity contribution is 7.15. The monoisotopic (exact) mass is 246 g/mol. The second kappa shape index (κ2) is 3.70. The molecule has 0 spiro atoms. The number of hydrogen-bond donors (Lipinski definition) is 1. The van der Waals surface area contributed by atoms with Crippen molar-refractivity contribution >= 4 is 11.3 Å². The second-order valence-corrected chi connectivity index (χ2v) is 6.52. The molecule has 1 aliphatic carbocycles. The van der Waals surface area contributed by atoms with E-state index < -0.39 is 0 Å². The standard InChI is InChI=1S/C14H18N2S/c1-7(2)11-6-9-5-10-12(13(9)17-11)16-14(15-10)8(3)4/h6-8H,5H2,1-4H3,(H,15,16). The van der Waals surface area contributed by atoms with E-state index in [4.69, 9.17) is 4.98 Å². The van der Waals surface area contributed by atoms with Gasteiger partial charge in [0.2, 0.25) is 0 Å². The number of rotatable bonds is 2. The maximum absolute atomic E-state index is 4.70. The number of imidazole rings is 1. The van der Waals surface area contributed by atoms with Gasteiger partial charge < -0.3 is 4.98 Å². The summed E-state index contributed by atoms with van der Waals surface area (Å²) in [5, 5.41) is 0. The predicted octanol–water partition coefficient (Wildman–Crippen LogP) is 4.29. The topological polar surface area (TPSA) is 28.7 Å². The van der Waals surface area contributed by atoms with Gasteiger partial charge in [-0.15, -0.1) is 11.3 Å². The molecule has 0 saturated heterocycles. The van der Waals surface area contributed by atoms with E-state index in [1.54, 1.807) is 0 Å². The molecule has 0 saturated carbocycles. The first-order chi connectivity index (χ1) is 8.06. The van der Waals surface area contributed by atoms with Crippen molar-refractivity contribution in [2.75, 3.05) is 0 Å². The zero-order valence-electron chi connectivity index (χ0n) is 10.8. The van der Waals surface area contributed by atoms with Crippen LogP contribution in [0.15, 0.2) is 6.07 Å². The number of hydrogen-bond acceptors (Lipinski definition) is 2. The van der Waals surface area contributed by atoms with Crippen molar-refractivity contribution in [3.05, 3.63) is 28.0 Å². The maximum atomic E-state index is 4.70. The molecule has 0 unspecified atom stereocenters. The third kappa shape index (κ3) is 1.64. The highest BCUT2D eigenvalue weighted by Gasteiger charge is 2.26. The first-order valence-corrected chi connectivity index (χ1v) is 7.09. The maximum Gasteiger partial charge on any atom is 0.109 e. The van der Waals surface area contributed by atoms with Crippen LogP contribution in [0.5, 0.6) is 0 Å². The van der Waals surface area contributed by atoms with E-state index in [1.807, 2.05) is 11.3 Å². The Labute approximate surface area is 106 Å². The van der Waals surface area contributed by atoms with Crippen LogP contribution >= 0.6 is 11.3 Å². The van der Waals surface area contributed by atoms with Gasteiger partial charge in [0.15, 0.2) is 0 Å². The number of aromatic nitrogens is 2. The van der Waals surface area contributed by atoms with E-state index in [1.165, 1.54) is 26.7 Å². The summed E-state index contributed by atoms with van der Waals surface area (Å²) in [5.41, 5.74) is 3.98. The van der Waals surface area contributed by atoms with Crippen LogP contribution in [-0.2, 0) is 6.42 Å². The fraction of sp³-hybridized carbons (Fsp3) is 0.500. The molecular weight excluding hydrogens is 228 g/mol. The van der Waals surface area contributed by atoms with Gasteiger partial charge >= 0.3 is 0 Å². The van der Waals surface area contributed by atoms with Crippen molar-refractivity contribution in [2.24, 2.45) is 0 Å². The predicted molar refractivity (Wildman–Crippen MR) is 72.9 cm³/mol. The molecule has 1 N–H and O–H groups in total. The summed E-state index contributed by atoms with van der Waals surface area (Å²) in [6, 6.07) is 2.36. The molecule has 1 aliphatic rings. The van der Waals surface area contributed by atoms with Crippen LogP contribution in [0, 0.1) is 0 Å². The van der Waals surface area contributed by atoms with Gasteiger partial charge in [0.25, 0.3) is 0 Å². The Balaban J connectivity index is 2.06. The first kappa shape index (κ1) is 11.0. The zero-order chi connectivity index (χ0) is 12.2. The molecule has 2 aromatic heterocycles. The number of fused-ring (bicyclic) bond motifs is 3. The van der Waals surface area contributed by atoms with E-state index in [0.717, 1.165) is 12.2 Å². The Hall–Kier alpha value is -1.09. The lowest BCUT2D eigenvalue weighted by Crippen LogP contribution is -1.91. The number of thiophene rings is 1. The summed E-state index contributed by atoms with van der Waals surface area (Å²) >= 11 is 1.93. The lowest BCUT2D eigenvalue weighted by atomic mass is 10.1. The van der Waals surface area contributed by atoms with Crippen LogP contribution in [-0.4, -0.2) is 9.97 Å². The molecule has 0 fully saturated rings. The lowest BCUT2D eigenvalue weighted by Gasteiger charge is -1.98. The molecule has 0 amide bonds. The fourth-order valence-corrected chi connectivity index (χ4v) is 3.48. The SMILES string of the molecule is CC(C)c1nc2c([nH]1)-c1sc(C(C)C)cc1C2. The molecule has 2 heterocycles. The van der Waals surface area contributed by atoms with Crippen LogP contribution in [0.3, 0.4) is 0 Å². The smallest absolute Gasteiger partial charge is 0.109 e. The third-order valence-corrected chi connectivity index (χ3v) is 4.82. The number of H-pyrrole nitrogens is 1. The van der Waals surface area contributed by atoms with Crippen LogP contribution in [0.2, 0.25) is 0 Å². The van der Waals surface area contributed by atoms with Crippen molar-refractivity contribution < 1.29 is 0 Å². The van der Waals surface area contributed by atoms with Crippen molar-refractivity contribution in [1.82, 2.24) is 9.97 Å². The van der Waals surface area contributed by atoms with Crippen LogP contribution in [0.4, 0.5) is 0 Å². The van der Waals surface area contributed by atoms with Gasteiger partial charge in [-0.2, -0.15) is 0 Å². The van der Waals surface area contributed by atoms with Gasteiger partial charge in [0, 0.05) is 17.2 Å². The zero-order valence-corrected chi connectivity index (χ0v) is 11.6. The number of nitrogens with one attached hydrogen (secondary N) is 1. The first-order valence-electron chi connectivity index (χ1n) is 6.28. The largest absolute Gasteiger partial charge is 0.341 e. The Morgan fingerprint density at radius 1 is 1.24 bits per heavy atom. The molecule has 0 bridgehead atoms. The normalized spacial score (nSPS) is 13.5. The highest BCUT2D eigenvalue weighted by Crippen LogP contribution is 2.43. The van der Waals surface area contributed by atoms with Crippen molar-refractivity contribution in [1.29, 1.82) is 0 Å². The minimum atomic E-state index is 0.480. The summed E-state index contributed by atoms with van der Waals surface area (Å²) in [6.45, 7) is 8.88. The molecule has 3 rings (SSSR count). The average Bonchev–Trinajstić information content (AvgIpc) is 2.84. The van der Waals surface area contributed by atoms with Gasteiger partial charge in [-0.05, 0) is 17.5 Å². The molecule has 17 heavy (non-hydrogen) atoms. The Morgan fingerprint density at radius 3 is 2.65 bits per heavy atom. The third-order valence-electron chi connectivity index (χ3n) is 3.33. The Kier molecular flexibility index (Phi) is 2.40. The van der Waals surface area contributed by atoms with Crippen molar-refractivity contribution in [3.8, 4) is 10.6 Å². The van der Waals surface area contributed by atoms with Crippen LogP contribution < -0.4 is 0 Å². The fourth-order valence-electron chi connectivity index (χ4n) is 2.28. The van der Waals surface area contributed by atoms with Crippen LogP contribution in [0.1, 0.15) is 61.5 Å². The van der Waals surface area contributed by atoms with E-state index in [-0.39, 0.29) is 0 Å². The van der Waals surface area contributed by atoms with Crippen LogP contribution in [0.25, 0.3) is 10.6 Å². The summed E-state index contributed by atoms with van der Waals surface area (Å²) in [5.74, 6) is 2.23. The Bertz CT molecular complexity index is 511. The molecule has 0 atom stereocenters. The highest BCUT2D eigenvalue weighted by atomic mass is 32.1. The summed E-state index contributed by atoms with van der Waals surface area (Å²) in [4.78, 5) is 11.1. The van der Waals surface area contributed by atoms with Gasteiger partial charge in [0.05, 0.1) is 16.3 Å². The summed E-state index contributed by atoms with van der Waals surface area (Å²) in [6.07, 6.45) is 1.01. The van der Waals surface area contributed by atoms with E-state index in [9.17, 15) is 0 Å². The molecule has 2 nitrogen and oxygen atoms in total. The van der Waals surface area contributed by atoms with Gasteiger partial charge in [-0.1, -0.05) is 27.7 Å². The molecule has 2 aromatic rings. The van der Waals surface area contributed by atoms with Gasteiger partial charge in [-0.25, -0.2) is 4.98 Å². The quantitative estimate of drug-likeness (QED) is 0.718. The molecular formula is C14H18N2S. The minimum Gasteiger partial charge on any atom is -0.341 e. The average molecular weight is 246 g/mol. The Morgan fingerprint density at radius 2 is 2.00 bits per heavy atom.